The number of nitrogens with zero attached hydrogens (tertiary/aromatic N) is 2. The highest BCUT2D eigenvalue weighted by molar-refractivity contribution is 5.84. The van der Waals surface area contributed by atoms with Gasteiger partial charge in [-0.2, -0.15) is 0 Å². The number of fused-ring (bicyclic) bond motifs is 1. The molecule has 3 nitrogen and oxygen atoms in total. The Balaban J connectivity index is 1.60. The number of likely N-dealkylation sites (tertiary alicyclic amines) is 1. The van der Waals surface area contributed by atoms with Gasteiger partial charge >= 0.3 is 0 Å². The summed E-state index contributed by atoms with van der Waals surface area (Å²) in [5.41, 5.74) is 1.04. The van der Waals surface area contributed by atoms with Crippen LogP contribution in [-0.2, 0) is 0 Å². The average molecular weight is 236 g/mol. The summed E-state index contributed by atoms with van der Waals surface area (Å²) in [5.74, 6) is 1.65. The maximum absolute atomic E-state index is 8.90. The van der Waals surface area contributed by atoms with Crippen molar-refractivity contribution in [3.05, 3.63) is 0 Å². The normalized spacial score (nSPS) is 38.5. The van der Waals surface area contributed by atoms with Crippen LogP contribution in [0.2, 0.25) is 0 Å². The van der Waals surface area contributed by atoms with E-state index in [0.29, 0.717) is 0 Å². The number of oxime groups is 1. The summed E-state index contributed by atoms with van der Waals surface area (Å²) in [6.45, 7) is 2.57. The van der Waals surface area contributed by atoms with Gasteiger partial charge in [-0.3, -0.25) is 4.90 Å². The number of rotatable bonds is 1. The Bertz CT molecular complexity index is 297. The minimum Gasteiger partial charge on any atom is -0.411 e. The predicted octanol–water partition coefficient (Wildman–Crippen LogP) is 2.88. The zero-order chi connectivity index (χ0) is 11.7. The second-order valence-corrected chi connectivity index (χ2v) is 6.17. The van der Waals surface area contributed by atoms with Gasteiger partial charge in [0.05, 0.1) is 5.71 Å². The Morgan fingerprint density at radius 3 is 2.53 bits per heavy atom. The van der Waals surface area contributed by atoms with Gasteiger partial charge in [-0.1, -0.05) is 24.4 Å². The molecule has 1 N–H and O–H groups in total. The summed E-state index contributed by atoms with van der Waals surface area (Å²) >= 11 is 0. The zero-order valence-corrected chi connectivity index (χ0v) is 10.6. The second-order valence-electron chi connectivity index (χ2n) is 6.17. The van der Waals surface area contributed by atoms with E-state index in [9.17, 15) is 0 Å². The molecule has 3 heteroatoms. The van der Waals surface area contributed by atoms with Crippen LogP contribution in [0.5, 0.6) is 0 Å². The molecule has 3 rings (SSSR count). The highest BCUT2D eigenvalue weighted by Crippen LogP contribution is 2.37. The highest BCUT2D eigenvalue weighted by atomic mass is 16.4. The second kappa shape index (κ2) is 4.97. The molecular weight excluding hydrogens is 212 g/mol. The SMILES string of the molecule is O/N=C1/CCC2CN(C3CCCCC3)CC2C1. The summed E-state index contributed by atoms with van der Waals surface area (Å²) < 4.78 is 0. The van der Waals surface area contributed by atoms with Crippen molar-refractivity contribution in [1.29, 1.82) is 0 Å². The lowest BCUT2D eigenvalue weighted by Gasteiger charge is -2.31. The van der Waals surface area contributed by atoms with Crippen molar-refractivity contribution in [2.45, 2.75) is 57.4 Å². The van der Waals surface area contributed by atoms with Crippen LogP contribution in [0.4, 0.5) is 0 Å². The van der Waals surface area contributed by atoms with Crippen LogP contribution in [-0.4, -0.2) is 35.0 Å². The van der Waals surface area contributed by atoms with E-state index in [1.54, 1.807) is 0 Å². The van der Waals surface area contributed by atoms with E-state index in [1.807, 2.05) is 0 Å². The third-order valence-corrected chi connectivity index (χ3v) is 5.14. The van der Waals surface area contributed by atoms with Crippen LogP contribution in [0.15, 0.2) is 5.16 Å². The van der Waals surface area contributed by atoms with Crippen LogP contribution in [0, 0.1) is 11.8 Å². The van der Waals surface area contributed by atoms with E-state index < -0.39 is 0 Å². The van der Waals surface area contributed by atoms with Crippen molar-refractivity contribution < 1.29 is 5.21 Å². The number of hydrogen-bond acceptors (Lipinski definition) is 3. The first-order chi connectivity index (χ1) is 8.36. The fourth-order valence-corrected chi connectivity index (χ4v) is 4.13. The Hall–Kier alpha value is -0.570. The van der Waals surface area contributed by atoms with Gasteiger partial charge in [-0.05, 0) is 43.9 Å². The van der Waals surface area contributed by atoms with Gasteiger partial charge in [0.25, 0.3) is 0 Å². The molecule has 0 bridgehead atoms. The van der Waals surface area contributed by atoms with Gasteiger partial charge < -0.3 is 5.21 Å². The Morgan fingerprint density at radius 1 is 1.00 bits per heavy atom. The molecule has 0 aromatic carbocycles. The number of hydrogen-bond donors (Lipinski definition) is 1. The van der Waals surface area contributed by atoms with Crippen molar-refractivity contribution in [2.24, 2.45) is 17.0 Å². The zero-order valence-electron chi connectivity index (χ0n) is 10.6. The fourth-order valence-electron chi connectivity index (χ4n) is 4.13. The Kier molecular flexibility index (Phi) is 3.37. The van der Waals surface area contributed by atoms with Gasteiger partial charge in [0.1, 0.15) is 0 Å². The quantitative estimate of drug-likeness (QED) is 0.561. The molecule has 3 fully saturated rings. The largest absolute Gasteiger partial charge is 0.411 e. The summed E-state index contributed by atoms with van der Waals surface area (Å²) in [6.07, 6.45) is 10.5. The lowest BCUT2D eigenvalue weighted by molar-refractivity contribution is 0.182. The van der Waals surface area contributed by atoms with Crippen molar-refractivity contribution in [2.75, 3.05) is 13.1 Å². The molecule has 2 atom stereocenters. The molecule has 0 spiro atoms. The third kappa shape index (κ3) is 2.35. The van der Waals surface area contributed by atoms with Crippen molar-refractivity contribution >= 4 is 5.71 Å². The molecule has 17 heavy (non-hydrogen) atoms. The summed E-state index contributed by atoms with van der Waals surface area (Å²) in [6, 6.07) is 0.865. The molecule has 1 aliphatic heterocycles. The highest BCUT2D eigenvalue weighted by Gasteiger charge is 2.39. The lowest BCUT2D eigenvalue weighted by Crippen LogP contribution is -2.35. The summed E-state index contributed by atoms with van der Waals surface area (Å²) in [5, 5.41) is 12.3. The molecule has 2 aliphatic carbocycles. The molecule has 0 aromatic heterocycles. The molecule has 3 aliphatic rings. The van der Waals surface area contributed by atoms with E-state index in [4.69, 9.17) is 5.21 Å². The maximum atomic E-state index is 8.90. The molecule has 1 saturated heterocycles. The van der Waals surface area contributed by atoms with E-state index in [2.05, 4.69) is 10.1 Å². The van der Waals surface area contributed by atoms with E-state index in [1.165, 1.54) is 51.6 Å². The summed E-state index contributed by atoms with van der Waals surface area (Å²) in [4.78, 5) is 2.74. The minimum atomic E-state index is 0.775. The van der Waals surface area contributed by atoms with Gasteiger partial charge in [-0.15, -0.1) is 0 Å². The molecule has 0 aromatic rings. The van der Waals surface area contributed by atoms with Gasteiger partial charge in [0.15, 0.2) is 0 Å². The standard InChI is InChI=1S/C14H24N2O/c17-15-13-7-6-11-9-16(10-12(11)8-13)14-4-2-1-3-5-14/h11-12,14,17H,1-10H2/b15-13-. The summed E-state index contributed by atoms with van der Waals surface area (Å²) in [7, 11) is 0. The van der Waals surface area contributed by atoms with Crippen molar-refractivity contribution in [3.63, 3.8) is 0 Å². The fraction of sp³-hybridized carbons (Fsp3) is 0.929. The van der Waals surface area contributed by atoms with Crippen molar-refractivity contribution in [3.8, 4) is 0 Å². The van der Waals surface area contributed by atoms with Gasteiger partial charge in [0.2, 0.25) is 0 Å². The average Bonchev–Trinajstić information content (AvgIpc) is 2.82. The molecule has 2 saturated carbocycles. The molecule has 0 radical (unpaired) electrons. The lowest BCUT2D eigenvalue weighted by atomic mass is 9.81. The van der Waals surface area contributed by atoms with E-state index in [-0.39, 0.29) is 0 Å². The van der Waals surface area contributed by atoms with Gasteiger partial charge in [-0.25, -0.2) is 0 Å². The molecule has 1 heterocycles. The van der Waals surface area contributed by atoms with E-state index >= 15 is 0 Å². The molecule has 0 amide bonds. The maximum Gasteiger partial charge on any atom is 0.0574 e. The van der Waals surface area contributed by atoms with Gasteiger partial charge in [0, 0.05) is 19.1 Å². The third-order valence-electron chi connectivity index (χ3n) is 5.14. The monoisotopic (exact) mass is 236 g/mol. The van der Waals surface area contributed by atoms with E-state index in [0.717, 1.165) is 36.4 Å². The van der Waals surface area contributed by atoms with Crippen LogP contribution < -0.4 is 0 Å². The Labute approximate surface area is 104 Å². The van der Waals surface area contributed by atoms with Crippen LogP contribution in [0.25, 0.3) is 0 Å². The van der Waals surface area contributed by atoms with Crippen LogP contribution >= 0.6 is 0 Å². The van der Waals surface area contributed by atoms with Crippen LogP contribution in [0.1, 0.15) is 51.4 Å². The van der Waals surface area contributed by atoms with Crippen molar-refractivity contribution in [1.82, 2.24) is 4.90 Å². The molecule has 2 unspecified atom stereocenters. The predicted molar refractivity (Wildman–Crippen MR) is 68.5 cm³/mol. The first kappa shape index (κ1) is 11.5. The Morgan fingerprint density at radius 2 is 1.76 bits per heavy atom. The topological polar surface area (TPSA) is 35.8 Å². The molecule has 96 valence electrons. The first-order valence-corrected chi connectivity index (χ1v) is 7.30. The molecular formula is C14H24N2O. The minimum absolute atomic E-state index is 0.775. The smallest absolute Gasteiger partial charge is 0.0574 e. The van der Waals surface area contributed by atoms with Crippen LogP contribution in [0.3, 0.4) is 0 Å². The first-order valence-electron chi connectivity index (χ1n) is 7.30.